The molecule has 122 valence electrons. The average Bonchev–Trinajstić information content (AvgIpc) is 2.98. The molecule has 2 aliphatic rings. The van der Waals surface area contributed by atoms with Crippen molar-refractivity contribution >= 4 is 28.5 Å². The molecule has 0 atom stereocenters. The van der Waals surface area contributed by atoms with E-state index in [2.05, 4.69) is 9.98 Å². The van der Waals surface area contributed by atoms with Gasteiger partial charge in [-0.25, -0.2) is 10.1 Å². The predicted molar refractivity (Wildman–Crippen MR) is 94.2 cm³/mol. The van der Waals surface area contributed by atoms with Crippen molar-refractivity contribution in [2.45, 2.75) is 6.92 Å². The summed E-state index contributed by atoms with van der Waals surface area (Å²) in [6.07, 6.45) is 6.62. The van der Waals surface area contributed by atoms with Gasteiger partial charge in [0.25, 0.3) is 0 Å². The number of methoxy groups -OCH3 is 1. The Morgan fingerprint density at radius 2 is 1.92 bits per heavy atom. The molecule has 2 heterocycles. The van der Waals surface area contributed by atoms with E-state index in [9.17, 15) is 10.0 Å². The van der Waals surface area contributed by atoms with Gasteiger partial charge < -0.3 is 4.74 Å². The van der Waals surface area contributed by atoms with Crippen LogP contribution >= 0.6 is 11.8 Å². The summed E-state index contributed by atoms with van der Waals surface area (Å²) in [6, 6.07) is 7.52. The highest BCUT2D eigenvalue weighted by Gasteiger charge is 2.24. The molecular weight excluding hydrogens is 326 g/mol. The molecule has 1 N–H and O–H groups in total. The first-order chi connectivity index (χ1) is 11.6. The number of carbonyl (C=O) groups is 1. The highest BCUT2D eigenvalue weighted by Crippen LogP contribution is 2.35. The SMILES string of the molecule is COc1ccc(C2=NC(=NC(C)=O)SC2=C2C=CN(O)C=C2)cc1. The van der Waals surface area contributed by atoms with Gasteiger partial charge in [-0.15, -0.1) is 0 Å². The molecule has 24 heavy (non-hydrogen) atoms. The van der Waals surface area contributed by atoms with E-state index in [-0.39, 0.29) is 5.91 Å². The normalized spacial score (nSPS) is 18.4. The third-order valence-electron chi connectivity index (χ3n) is 3.31. The molecule has 6 nitrogen and oxygen atoms in total. The van der Waals surface area contributed by atoms with Gasteiger partial charge in [0.05, 0.1) is 12.8 Å². The fourth-order valence-corrected chi connectivity index (χ4v) is 3.21. The number of thioether (sulfide) groups is 1. The molecule has 7 heteroatoms. The Morgan fingerprint density at radius 1 is 1.25 bits per heavy atom. The van der Waals surface area contributed by atoms with Gasteiger partial charge in [-0.2, -0.15) is 4.99 Å². The Balaban J connectivity index is 2.06. The third-order valence-corrected chi connectivity index (χ3v) is 4.31. The molecule has 0 unspecified atom stereocenters. The minimum absolute atomic E-state index is 0.294. The van der Waals surface area contributed by atoms with Crippen LogP contribution in [0.1, 0.15) is 12.5 Å². The summed E-state index contributed by atoms with van der Waals surface area (Å²) in [7, 11) is 1.61. The number of amidine groups is 1. The second kappa shape index (κ2) is 6.86. The number of hydrogen-bond acceptors (Lipinski definition) is 5. The standard InChI is InChI=1S/C17H15N3O3S/c1-11(21)18-17-19-15(12-3-5-14(23-2)6-4-12)16(24-17)13-7-9-20(22)10-8-13/h3-10,22H,1-2H3. The number of benzene rings is 1. The summed E-state index contributed by atoms with van der Waals surface area (Å²) in [5.74, 6) is 0.461. The lowest BCUT2D eigenvalue weighted by atomic mass is 10.1. The molecule has 0 bridgehead atoms. The van der Waals surface area contributed by atoms with Gasteiger partial charge in [-0.3, -0.25) is 10.0 Å². The van der Waals surface area contributed by atoms with Gasteiger partial charge in [-0.1, -0.05) is 0 Å². The first-order valence-electron chi connectivity index (χ1n) is 7.15. The second-order valence-corrected chi connectivity index (χ2v) is 5.98. The number of aliphatic imine (C=N–C) groups is 2. The zero-order valence-electron chi connectivity index (χ0n) is 13.1. The summed E-state index contributed by atoms with van der Waals surface area (Å²) in [4.78, 5) is 20.6. The molecule has 0 saturated carbocycles. The van der Waals surface area contributed by atoms with Crippen molar-refractivity contribution in [3.05, 3.63) is 64.9 Å². The molecule has 1 aromatic carbocycles. The van der Waals surface area contributed by atoms with Crippen LogP contribution in [0.3, 0.4) is 0 Å². The summed E-state index contributed by atoms with van der Waals surface area (Å²) in [5, 5.41) is 10.8. The van der Waals surface area contributed by atoms with Crippen LogP contribution in [-0.4, -0.2) is 34.2 Å². The van der Waals surface area contributed by atoms with E-state index < -0.39 is 0 Å². The van der Waals surface area contributed by atoms with Crippen LogP contribution in [0, 0.1) is 0 Å². The van der Waals surface area contributed by atoms with Crippen molar-refractivity contribution < 1.29 is 14.7 Å². The van der Waals surface area contributed by atoms with Crippen molar-refractivity contribution in [1.82, 2.24) is 5.06 Å². The molecule has 0 fully saturated rings. The largest absolute Gasteiger partial charge is 0.497 e. The number of hydrogen-bond donors (Lipinski definition) is 1. The Kier molecular flexibility index (Phi) is 4.64. The fraction of sp³-hybridized carbons (Fsp3) is 0.118. The lowest BCUT2D eigenvalue weighted by molar-refractivity contribution is -0.115. The molecule has 0 radical (unpaired) electrons. The number of ether oxygens (including phenoxy) is 1. The highest BCUT2D eigenvalue weighted by atomic mass is 32.2. The van der Waals surface area contributed by atoms with E-state index in [1.54, 1.807) is 19.3 Å². The molecule has 0 spiro atoms. The molecule has 1 amide bonds. The maximum atomic E-state index is 11.3. The zero-order chi connectivity index (χ0) is 17.1. The lowest BCUT2D eigenvalue weighted by Crippen LogP contribution is -2.07. The maximum absolute atomic E-state index is 11.3. The molecule has 3 rings (SSSR count). The topological polar surface area (TPSA) is 74.5 Å². The second-order valence-electron chi connectivity index (χ2n) is 5.00. The minimum Gasteiger partial charge on any atom is -0.497 e. The van der Waals surface area contributed by atoms with E-state index in [0.717, 1.165) is 32.6 Å². The van der Waals surface area contributed by atoms with Gasteiger partial charge in [0.15, 0.2) is 5.17 Å². The van der Waals surface area contributed by atoms with Crippen molar-refractivity contribution in [2.24, 2.45) is 9.98 Å². The van der Waals surface area contributed by atoms with Crippen LogP contribution in [0.25, 0.3) is 0 Å². The van der Waals surface area contributed by atoms with Crippen molar-refractivity contribution in [2.75, 3.05) is 7.11 Å². The Hall–Kier alpha value is -2.64. The number of carbonyl (C=O) groups excluding carboxylic acids is 1. The molecular formula is C17H15N3O3S. The first kappa shape index (κ1) is 16.2. The van der Waals surface area contributed by atoms with E-state index in [0.29, 0.717) is 5.17 Å². The lowest BCUT2D eigenvalue weighted by Gasteiger charge is -2.12. The van der Waals surface area contributed by atoms with Crippen LogP contribution in [0.4, 0.5) is 0 Å². The predicted octanol–water partition coefficient (Wildman–Crippen LogP) is 3.12. The van der Waals surface area contributed by atoms with Gasteiger partial charge in [0.1, 0.15) is 5.75 Å². The molecule has 1 aromatic rings. The van der Waals surface area contributed by atoms with Crippen LogP contribution in [-0.2, 0) is 4.79 Å². The summed E-state index contributed by atoms with van der Waals surface area (Å²) in [5.41, 5.74) is 2.51. The van der Waals surface area contributed by atoms with Gasteiger partial charge in [-0.05, 0) is 53.8 Å². The molecule has 0 saturated heterocycles. The van der Waals surface area contributed by atoms with E-state index in [1.807, 2.05) is 24.3 Å². The van der Waals surface area contributed by atoms with E-state index in [4.69, 9.17) is 4.74 Å². The Labute approximate surface area is 143 Å². The summed E-state index contributed by atoms with van der Waals surface area (Å²) in [6.45, 7) is 1.39. The molecule has 0 aromatic heterocycles. The van der Waals surface area contributed by atoms with Crippen molar-refractivity contribution in [3.63, 3.8) is 0 Å². The van der Waals surface area contributed by atoms with E-state index >= 15 is 0 Å². The number of amides is 1. The maximum Gasteiger partial charge on any atom is 0.245 e. The van der Waals surface area contributed by atoms with Gasteiger partial charge in [0.2, 0.25) is 5.91 Å². The molecule has 0 aliphatic carbocycles. The van der Waals surface area contributed by atoms with Crippen LogP contribution in [0.15, 0.2) is 69.3 Å². The summed E-state index contributed by atoms with van der Waals surface area (Å²) < 4.78 is 5.18. The number of allylic oxidation sites excluding steroid dienone is 4. The smallest absolute Gasteiger partial charge is 0.245 e. The molecule has 2 aliphatic heterocycles. The van der Waals surface area contributed by atoms with Crippen LogP contribution in [0.2, 0.25) is 0 Å². The Bertz CT molecular complexity index is 804. The van der Waals surface area contributed by atoms with Crippen molar-refractivity contribution in [1.29, 1.82) is 0 Å². The Morgan fingerprint density at radius 3 is 2.50 bits per heavy atom. The quantitative estimate of drug-likeness (QED) is 0.894. The monoisotopic (exact) mass is 341 g/mol. The first-order valence-corrected chi connectivity index (χ1v) is 7.97. The fourth-order valence-electron chi connectivity index (χ4n) is 2.20. The van der Waals surface area contributed by atoms with Gasteiger partial charge >= 0.3 is 0 Å². The summed E-state index contributed by atoms with van der Waals surface area (Å²) >= 11 is 1.33. The number of nitrogens with zero attached hydrogens (tertiary/aromatic N) is 3. The number of rotatable bonds is 2. The van der Waals surface area contributed by atoms with Crippen molar-refractivity contribution in [3.8, 4) is 5.75 Å². The highest BCUT2D eigenvalue weighted by molar-refractivity contribution is 8.18. The minimum atomic E-state index is -0.294. The van der Waals surface area contributed by atoms with E-state index in [1.165, 1.54) is 31.1 Å². The number of hydroxylamine groups is 2. The average molecular weight is 341 g/mol. The third kappa shape index (κ3) is 3.47. The van der Waals surface area contributed by atoms with Crippen LogP contribution < -0.4 is 4.74 Å². The van der Waals surface area contributed by atoms with Gasteiger partial charge in [0, 0.05) is 29.8 Å². The van der Waals surface area contributed by atoms with Crippen LogP contribution in [0.5, 0.6) is 5.75 Å². The zero-order valence-corrected chi connectivity index (χ0v) is 13.9.